The van der Waals surface area contributed by atoms with Crippen LogP contribution in [0, 0.1) is 0 Å². The lowest BCUT2D eigenvalue weighted by Gasteiger charge is -2.51. The third-order valence-electron chi connectivity index (χ3n) is 8.16. The number of nitrogens with one attached hydrogen (secondary N) is 1. The van der Waals surface area contributed by atoms with Crippen LogP contribution in [-0.4, -0.2) is 60.5 Å². The summed E-state index contributed by atoms with van der Waals surface area (Å²) in [4.78, 5) is 35.0. The Morgan fingerprint density at radius 2 is 1.68 bits per heavy atom. The van der Waals surface area contributed by atoms with Crippen molar-refractivity contribution in [3.63, 3.8) is 0 Å². The summed E-state index contributed by atoms with van der Waals surface area (Å²) in [5.74, 6) is 1.32. The van der Waals surface area contributed by atoms with E-state index in [9.17, 15) is 9.59 Å². The van der Waals surface area contributed by atoms with Crippen LogP contribution >= 0.6 is 0 Å². The van der Waals surface area contributed by atoms with Crippen LogP contribution in [0.5, 0.6) is 11.5 Å². The van der Waals surface area contributed by atoms with Gasteiger partial charge >= 0.3 is 0 Å². The molecule has 0 bridgehead atoms. The van der Waals surface area contributed by atoms with Gasteiger partial charge in [-0.2, -0.15) is 0 Å². The molecule has 2 aliphatic heterocycles. The lowest BCUT2D eigenvalue weighted by Crippen LogP contribution is -2.67. The van der Waals surface area contributed by atoms with Crippen molar-refractivity contribution in [1.82, 2.24) is 14.8 Å². The molecular formula is C31H31N3O4. The van der Waals surface area contributed by atoms with Gasteiger partial charge in [0.2, 0.25) is 5.91 Å². The molecule has 0 unspecified atom stereocenters. The third-order valence-corrected chi connectivity index (χ3v) is 8.16. The van der Waals surface area contributed by atoms with Crippen LogP contribution in [0.15, 0.2) is 72.8 Å². The summed E-state index contributed by atoms with van der Waals surface area (Å²) < 4.78 is 11.0. The molecule has 6 rings (SSSR count). The molecule has 4 aromatic rings. The first kappa shape index (κ1) is 24.1. The molecular weight excluding hydrogens is 478 g/mol. The number of fused-ring (bicyclic) bond motifs is 5. The van der Waals surface area contributed by atoms with E-state index in [0.29, 0.717) is 19.5 Å². The number of amides is 2. The quantitative estimate of drug-likeness (QED) is 0.417. The summed E-state index contributed by atoms with van der Waals surface area (Å²) in [5.41, 5.74) is 3.77. The summed E-state index contributed by atoms with van der Waals surface area (Å²) in [7, 11) is 3.30. The van der Waals surface area contributed by atoms with E-state index in [4.69, 9.17) is 9.47 Å². The maximum atomic E-state index is 14.2. The number of ether oxygens (including phenoxy) is 2. The first-order valence-electron chi connectivity index (χ1n) is 12.9. The van der Waals surface area contributed by atoms with E-state index in [-0.39, 0.29) is 24.3 Å². The monoisotopic (exact) mass is 509 g/mol. The number of hydrogen-bond acceptors (Lipinski definition) is 4. The van der Waals surface area contributed by atoms with E-state index in [1.165, 1.54) is 0 Å². The van der Waals surface area contributed by atoms with Crippen LogP contribution in [0.4, 0.5) is 0 Å². The number of benzene rings is 3. The predicted octanol–water partition coefficient (Wildman–Crippen LogP) is 4.46. The Kier molecular flexibility index (Phi) is 5.86. The van der Waals surface area contributed by atoms with Crippen molar-refractivity contribution in [1.29, 1.82) is 0 Å². The molecule has 2 amide bonds. The van der Waals surface area contributed by atoms with Gasteiger partial charge in [-0.05, 0) is 48.7 Å². The summed E-state index contributed by atoms with van der Waals surface area (Å²) in [5, 5.41) is 1.06. The molecule has 1 N–H and O–H groups in total. The second-order valence-electron chi connectivity index (χ2n) is 10.2. The van der Waals surface area contributed by atoms with Gasteiger partial charge in [-0.3, -0.25) is 9.59 Å². The Hall–Kier alpha value is -4.26. The number of rotatable bonds is 6. The molecule has 1 aromatic heterocycles. The van der Waals surface area contributed by atoms with E-state index in [1.54, 1.807) is 24.0 Å². The number of carbonyl (C=O) groups is 2. The standard InChI is InChI=1S/C31H31N3O4/c1-31-29-28(23-9-4-6-10-25(23)32-29)24(22-8-5-7-11-26(22)38-3)18-34(31)27(35)19-33(30(31)36)17-16-20-12-14-21(37-2)15-13-20/h4-15,24,32H,16-19H2,1-3H3/t24-,31+/m1/s1. The van der Waals surface area contributed by atoms with Crippen LogP contribution in [0.2, 0.25) is 0 Å². The van der Waals surface area contributed by atoms with Gasteiger partial charge in [0.15, 0.2) is 5.54 Å². The zero-order valence-electron chi connectivity index (χ0n) is 21.9. The number of H-pyrrole nitrogens is 1. The molecule has 7 nitrogen and oxygen atoms in total. The molecule has 2 atom stereocenters. The second-order valence-corrected chi connectivity index (χ2v) is 10.2. The summed E-state index contributed by atoms with van der Waals surface area (Å²) >= 11 is 0. The largest absolute Gasteiger partial charge is 0.497 e. The lowest BCUT2D eigenvalue weighted by atomic mass is 9.76. The normalized spacial score (nSPS) is 20.9. The maximum absolute atomic E-state index is 14.2. The molecule has 2 aliphatic rings. The van der Waals surface area contributed by atoms with Crippen LogP contribution in [0.3, 0.4) is 0 Å². The zero-order valence-corrected chi connectivity index (χ0v) is 21.9. The fourth-order valence-corrected chi connectivity index (χ4v) is 6.15. The topological polar surface area (TPSA) is 74.9 Å². The van der Waals surface area contributed by atoms with Gasteiger partial charge in [0, 0.05) is 35.5 Å². The SMILES string of the molecule is COc1ccc(CCN2CC(=O)N3C[C@H](c4ccccc4OC)c4c([nH]c5ccccc45)[C@@]3(C)C2=O)cc1. The fraction of sp³-hybridized carbons (Fsp3) is 0.290. The average molecular weight is 510 g/mol. The average Bonchev–Trinajstić information content (AvgIpc) is 3.35. The van der Waals surface area contributed by atoms with E-state index in [1.807, 2.05) is 67.6 Å². The number of methoxy groups -OCH3 is 2. The van der Waals surface area contributed by atoms with Gasteiger partial charge in [0.1, 0.15) is 11.5 Å². The van der Waals surface area contributed by atoms with Crippen LogP contribution < -0.4 is 9.47 Å². The van der Waals surface area contributed by atoms with Crippen molar-refractivity contribution in [3.05, 3.63) is 95.2 Å². The highest BCUT2D eigenvalue weighted by Crippen LogP contribution is 2.49. The minimum absolute atomic E-state index is 0.0500. The first-order valence-corrected chi connectivity index (χ1v) is 12.9. The number of aromatic amines is 1. The number of nitrogens with zero attached hydrogens (tertiary/aromatic N) is 2. The second kappa shape index (κ2) is 9.24. The minimum atomic E-state index is -1.12. The third kappa shape index (κ3) is 3.64. The number of aromatic nitrogens is 1. The first-order chi connectivity index (χ1) is 18.5. The molecule has 0 saturated carbocycles. The molecule has 194 valence electrons. The van der Waals surface area contributed by atoms with Crippen molar-refractivity contribution in [2.24, 2.45) is 0 Å². The molecule has 3 heterocycles. The Morgan fingerprint density at radius 3 is 2.45 bits per heavy atom. The van der Waals surface area contributed by atoms with E-state index in [2.05, 4.69) is 17.1 Å². The number of piperazine rings is 1. The molecule has 1 saturated heterocycles. The molecule has 7 heteroatoms. The summed E-state index contributed by atoms with van der Waals surface area (Å²) in [6.07, 6.45) is 0.655. The fourth-order valence-electron chi connectivity index (χ4n) is 6.15. The van der Waals surface area contributed by atoms with Crippen molar-refractivity contribution in [3.8, 4) is 11.5 Å². The van der Waals surface area contributed by atoms with E-state index in [0.717, 1.165) is 44.8 Å². The highest BCUT2D eigenvalue weighted by atomic mass is 16.5. The number of para-hydroxylation sites is 2. The Labute approximate surface area is 222 Å². The predicted molar refractivity (Wildman–Crippen MR) is 145 cm³/mol. The Bertz CT molecular complexity index is 1530. The molecule has 0 aliphatic carbocycles. The lowest BCUT2D eigenvalue weighted by molar-refractivity contribution is -0.166. The van der Waals surface area contributed by atoms with Crippen LogP contribution in [0.1, 0.15) is 35.2 Å². The highest BCUT2D eigenvalue weighted by molar-refractivity contribution is 6.01. The van der Waals surface area contributed by atoms with Crippen molar-refractivity contribution in [2.45, 2.75) is 24.8 Å². The highest BCUT2D eigenvalue weighted by Gasteiger charge is 2.56. The van der Waals surface area contributed by atoms with E-state index >= 15 is 0 Å². The summed E-state index contributed by atoms with van der Waals surface area (Å²) in [6, 6.07) is 23.9. The van der Waals surface area contributed by atoms with Gasteiger partial charge in [0.05, 0.1) is 26.5 Å². The van der Waals surface area contributed by atoms with Crippen LogP contribution in [0.25, 0.3) is 10.9 Å². The zero-order chi connectivity index (χ0) is 26.4. The molecule has 3 aromatic carbocycles. The van der Waals surface area contributed by atoms with Gasteiger partial charge < -0.3 is 24.3 Å². The van der Waals surface area contributed by atoms with Gasteiger partial charge in [-0.15, -0.1) is 0 Å². The number of hydrogen-bond donors (Lipinski definition) is 1. The van der Waals surface area contributed by atoms with Gasteiger partial charge in [0.25, 0.3) is 5.91 Å². The summed E-state index contributed by atoms with van der Waals surface area (Å²) in [6.45, 7) is 2.83. The molecule has 38 heavy (non-hydrogen) atoms. The van der Waals surface area contributed by atoms with E-state index < -0.39 is 5.54 Å². The minimum Gasteiger partial charge on any atom is -0.497 e. The van der Waals surface area contributed by atoms with Crippen molar-refractivity contribution < 1.29 is 19.1 Å². The smallest absolute Gasteiger partial charge is 0.254 e. The molecule has 0 radical (unpaired) electrons. The van der Waals surface area contributed by atoms with Crippen molar-refractivity contribution >= 4 is 22.7 Å². The molecule has 1 fully saturated rings. The Morgan fingerprint density at radius 1 is 0.947 bits per heavy atom. The van der Waals surface area contributed by atoms with Gasteiger partial charge in [-0.1, -0.05) is 48.5 Å². The van der Waals surface area contributed by atoms with Crippen molar-refractivity contribution in [2.75, 3.05) is 33.9 Å². The maximum Gasteiger partial charge on any atom is 0.254 e. The number of carbonyl (C=O) groups excluding carboxylic acids is 2. The molecule has 0 spiro atoms. The van der Waals surface area contributed by atoms with Gasteiger partial charge in [-0.25, -0.2) is 0 Å². The Balaban J connectivity index is 1.42. The van der Waals surface area contributed by atoms with Crippen LogP contribution in [-0.2, 0) is 21.5 Å².